The average Bonchev–Trinajstić information content (AvgIpc) is 2.79. The molecule has 0 spiro atoms. The molecule has 1 N–H and O–H groups in total. The third kappa shape index (κ3) is 3.99. The predicted molar refractivity (Wildman–Crippen MR) is 82.5 cm³/mol. The molecule has 2 fully saturated rings. The molecule has 0 aromatic heterocycles. The molecule has 0 aliphatic carbocycles. The van der Waals surface area contributed by atoms with Crippen LogP contribution in [0.5, 0.6) is 5.75 Å². The molecule has 23 heavy (non-hydrogen) atoms. The summed E-state index contributed by atoms with van der Waals surface area (Å²) in [5.74, 6) is 0.348. The lowest BCUT2D eigenvalue weighted by Crippen LogP contribution is -2.42. The maximum Gasteiger partial charge on any atom is 0.387 e. The first-order valence-electron chi connectivity index (χ1n) is 8.19. The molecule has 2 aliphatic heterocycles. The first-order valence-corrected chi connectivity index (χ1v) is 8.19. The van der Waals surface area contributed by atoms with E-state index < -0.39 is 6.61 Å². The van der Waals surface area contributed by atoms with Gasteiger partial charge >= 0.3 is 6.61 Å². The molecule has 4 nitrogen and oxygen atoms in total. The minimum absolute atomic E-state index is 0.145. The van der Waals surface area contributed by atoms with Crippen LogP contribution in [0.3, 0.4) is 0 Å². The number of ether oxygens (including phenoxy) is 1. The molecule has 1 amide bonds. The number of aryl methyl sites for hydroxylation is 1. The fourth-order valence-corrected chi connectivity index (χ4v) is 3.61. The van der Waals surface area contributed by atoms with Crippen LogP contribution in [-0.4, -0.2) is 42.6 Å². The second kappa shape index (κ2) is 7.25. The highest BCUT2D eigenvalue weighted by molar-refractivity contribution is 5.77. The van der Waals surface area contributed by atoms with E-state index in [2.05, 4.69) is 15.0 Å². The van der Waals surface area contributed by atoms with E-state index in [1.807, 2.05) is 0 Å². The van der Waals surface area contributed by atoms with Crippen molar-refractivity contribution >= 4 is 5.91 Å². The molecule has 2 heterocycles. The van der Waals surface area contributed by atoms with E-state index in [0.29, 0.717) is 24.9 Å². The van der Waals surface area contributed by atoms with Crippen molar-refractivity contribution in [1.82, 2.24) is 10.2 Å². The zero-order chi connectivity index (χ0) is 16.2. The van der Waals surface area contributed by atoms with E-state index in [-0.39, 0.29) is 11.7 Å². The zero-order valence-electron chi connectivity index (χ0n) is 13.0. The van der Waals surface area contributed by atoms with Gasteiger partial charge in [0, 0.05) is 25.0 Å². The molecule has 0 radical (unpaired) electrons. The Kier molecular flexibility index (Phi) is 5.10. The topological polar surface area (TPSA) is 41.6 Å². The number of hydrogen-bond donors (Lipinski definition) is 1. The van der Waals surface area contributed by atoms with Crippen LogP contribution >= 0.6 is 0 Å². The van der Waals surface area contributed by atoms with Gasteiger partial charge in [-0.2, -0.15) is 8.78 Å². The molecule has 3 rings (SSSR count). The molecule has 2 atom stereocenters. The van der Waals surface area contributed by atoms with Crippen LogP contribution < -0.4 is 10.1 Å². The van der Waals surface area contributed by atoms with Crippen LogP contribution in [0.1, 0.15) is 31.2 Å². The Morgan fingerprint density at radius 3 is 2.70 bits per heavy atom. The standard InChI is InChI=1S/C17H22F2N2O2/c18-17(19)23-15-6-1-12(2-7-15)3-8-16(22)21-13-4-5-14(21)11-20-10-9-13/h1-2,6-7,13-14,17,20H,3-5,8-11H2. The summed E-state index contributed by atoms with van der Waals surface area (Å²) in [4.78, 5) is 14.6. The van der Waals surface area contributed by atoms with Gasteiger partial charge in [0.05, 0.1) is 0 Å². The monoisotopic (exact) mass is 324 g/mol. The Hall–Kier alpha value is -1.69. The molecule has 2 saturated heterocycles. The van der Waals surface area contributed by atoms with Gasteiger partial charge in [-0.1, -0.05) is 12.1 Å². The fourth-order valence-electron chi connectivity index (χ4n) is 3.61. The molecule has 6 heteroatoms. The molecular formula is C17H22F2N2O2. The summed E-state index contributed by atoms with van der Waals surface area (Å²) in [7, 11) is 0. The molecule has 2 unspecified atom stereocenters. The van der Waals surface area contributed by atoms with Crippen molar-refractivity contribution in [3.05, 3.63) is 29.8 Å². The second-order valence-corrected chi connectivity index (χ2v) is 6.20. The van der Waals surface area contributed by atoms with Crippen LogP contribution in [0.25, 0.3) is 0 Å². The minimum atomic E-state index is -2.81. The van der Waals surface area contributed by atoms with Gasteiger partial charge in [0.2, 0.25) is 5.91 Å². The van der Waals surface area contributed by atoms with E-state index in [1.165, 1.54) is 12.1 Å². The predicted octanol–water partition coefficient (Wildman–Crippen LogP) is 2.57. The lowest BCUT2D eigenvalue weighted by molar-refractivity contribution is -0.133. The van der Waals surface area contributed by atoms with Crippen molar-refractivity contribution in [2.24, 2.45) is 0 Å². The Labute approximate surface area is 134 Å². The van der Waals surface area contributed by atoms with E-state index in [4.69, 9.17) is 0 Å². The minimum Gasteiger partial charge on any atom is -0.435 e. The Balaban J connectivity index is 1.54. The number of carbonyl (C=O) groups excluding carboxylic acids is 1. The summed E-state index contributed by atoms with van der Waals surface area (Å²) in [6.45, 7) is -0.937. The van der Waals surface area contributed by atoms with Crippen molar-refractivity contribution in [2.45, 2.75) is 50.8 Å². The van der Waals surface area contributed by atoms with E-state index in [1.54, 1.807) is 12.1 Å². The number of hydrogen-bond acceptors (Lipinski definition) is 3. The lowest BCUT2D eigenvalue weighted by atomic mass is 10.1. The second-order valence-electron chi connectivity index (χ2n) is 6.20. The highest BCUT2D eigenvalue weighted by Crippen LogP contribution is 2.28. The number of nitrogens with zero attached hydrogens (tertiary/aromatic N) is 1. The van der Waals surface area contributed by atoms with Crippen molar-refractivity contribution < 1.29 is 18.3 Å². The summed E-state index contributed by atoms with van der Waals surface area (Å²) in [5, 5.41) is 3.39. The number of nitrogens with one attached hydrogen (secondary N) is 1. The van der Waals surface area contributed by atoms with Gasteiger partial charge in [-0.25, -0.2) is 0 Å². The third-order valence-corrected chi connectivity index (χ3v) is 4.72. The molecule has 2 bridgehead atoms. The molecular weight excluding hydrogens is 302 g/mol. The van der Waals surface area contributed by atoms with E-state index >= 15 is 0 Å². The normalized spacial score (nSPS) is 23.9. The first kappa shape index (κ1) is 16.2. The number of carbonyl (C=O) groups is 1. The van der Waals surface area contributed by atoms with Gasteiger partial charge in [-0.05, 0) is 49.9 Å². The number of alkyl halides is 2. The fraction of sp³-hybridized carbons (Fsp3) is 0.588. The Bertz CT molecular complexity index is 522. The van der Waals surface area contributed by atoms with Crippen molar-refractivity contribution in [3.8, 4) is 5.75 Å². The van der Waals surface area contributed by atoms with Crippen LogP contribution in [0, 0.1) is 0 Å². The Morgan fingerprint density at radius 2 is 1.96 bits per heavy atom. The Morgan fingerprint density at radius 1 is 1.22 bits per heavy atom. The van der Waals surface area contributed by atoms with Crippen LogP contribution in [0.15, 0.2) is 24.3 Å². The van der Waals surface area contributed by atoms with Gasteiger partial charge in [0.25, 0.3) is 0 Å². The molecule has 126 valence electrons. The van der Waals surface area contributed by atoms with Gasteiger partial charge in [0.1, 0.15) is 5.75 Å². The van der Waals surface area contributed by atoms with Crippen LogP contribution in [0.4, 0.5) is 8.78 Å². The largest absolute Gasteiger partial charge is 0.435 e. The lowest BCUT2D eigenvalue weighted by Gasteiger charge is -2.28. The van der Waals surface area contributed by atoms with Gasteiger partial charge in [0.15, 0.2) is 0 Å². The summed E-state index contributed by atoms with van der Waals surface area (Å²) in [6, 6.07) is 7.23. The third-order valence-electron chi connectivity index (χ3n) is 4.72. The van der Waals surface area contributed by atoms with Crippen LogP contribution in [0.2, 0.25) is 0 Å². The summed E-state index contributed by atoms with van der Waals surface area (Å²) in [6.07, 6.45) is 4.31. The quantitative estimate of drug-likeness (QED) is 0.905. The number of benzene rings is 1. The van der Waals surface area contributed by atoms with Crippen molar-refractivity contribution in [3.63, 3.8) is 0 Å². The molecule has 1 aromatic rings. The molecule has 1 aromatic carbocycles. The molecule has 0 saturated carbocycles. The summed E-state index contributed by atoms with van der Waals surface area (Å²) < 4.78 is 28.6. The van der Waals surface area contributed by atoms with Gasteiger partial charge < -0.3 is 15.0 Å². The smallest absolute Gasteiger partial charge is 0.387 e. The van der Waals surface area contributed by atoms with E-state index in [0.717, 1.165) is 37.9 Å². The number of rotatable bonds is 5. The summed E-state index contributed by atoms with van der Waals surface area (Å²) >= 11 is 0. The number of fused-ring (bicyclic) bond motifs is 2. The maximum atomic E-state index is 12.6. The maximum absolute atomic E-state index is 12.6. The number of amides is 1. The van der Waals surface area contributed by atoms with E-state index in [9.17, 15) is 13.6 Å². The van der Waals surface area contributed by atoms with Crippen molar-refractivity contribution in [1.29, 1.82) is 0 Å². The SMILES string of the molecule is O=C(CCc1ccc(OC(F)F)cc1)N1C2CCNCC1CC2. The number of halogens is 2. The van der Waals surface area contributed by atoms with Crippen LogP contribution in [-0.2, 0) is 11.2 Å². The van der Waals surface area contributed by atoms with Crippen molar-refractivity contribution in [2.75, 3.05) is 13.1 Å². The highest BCUT2D eigenvalue weighted by atomic mass is 19.3. The average molecular weight is 324 g/mol. The molecule has 2 aliphatic rings. The van der Waals surface area contributed by atoms with Gasteiger partial charge in [-0.15, -0.1) is 0 Å². The first-order chi connectivity index (χ1) is 11.1. The summed E-state index contributed by atoms with van der Waals surface area (Å²) in [5.41, 5.74) is 0.959. The van der Waals surface area contributed by atoms with Gasteiger partial charge in [-0.3, -0.25) is 4.79 Å². The zero-order valence-corrected chi connectivity index (χ0v) is 13.0. The highest BCUT2D eigenvalue weighted by Gasteiger charge is 2.37.